The van der Waals surface area contributed by atoms with Crippen LogP contribution in [-0.4, -0.2) is 19.8 Å². The molecular formula is C12H19FN2O. The average molecular weight is 226 g/mol. The van der Waals surface area contributed by atoms with Gasteiger partial charge < -0.3 is 15.8 Å². The first kappa shape index (κ1) is 12.8. The molecule has 0 radical (unpaired) electrons. The van der Waals surface area contributed by atoms with Gasteiger partial charge in [-0.05, 0) is 31.0 Å². The van der Waals surface area contributed by atoms with Crippen molar-refractivity contribution in [1.29, 1.82) is 0 Å². The van der Waals surface area contributed by atoms with E-state index in [0.29, 0.717) is 5.69 Å². The van der Waals surface area contributed by atoms with Gasteiger partial charge >= 0.3 is 0 Å². The molecule has 3 N–H and O–H groups in total. The Hall–Kier alpha value is -1.29. The van der Waals surface area contributed by atoms with E-state index in [9.17, 15) is 4.39 Å². The molecule has 3 nitrogen and oxygen atoms in total. The predicted octanol–water partition coefficient (Wildman–Crippen LogP) is 2.64. The van der Waals surface area contributed by atoms with Gasteiger partial charge in [0.25, 0.3) is 0 Å². The molecule has 1 aromatic rings. The molecule has 0 amide bonds. The van der Waals surface area contributed by atoms with Gasteiger partial charge in [-0.1, -0.05) is 6.92 Å². The zero-order valence-electron chi connectivity index (χ0n) is 9.63. The van der Waals surface area contributed by atoms with Gasteiger partial charge in [0.05, 0.1) is 11.4 Å². The third-order valence-electron chi connectivity index (χ3n) is 2.14. The summed E-state index contributed by atoms with van der Waals surface area (Å²) >= 11 is 0. The monoisotopic (exact) mass is 226 g/mol. The SMILES string of the molecule is CCCOCCCNc1ccc(F)cc1N. The zero-order chi connectivity index (χ0) is 11.8. The van der Waals surface area contributed by atoms with Crippen LogP contribution in [-0.2, 0) is 4.74 Å². The summed E-state index contributed by atoms with van der Waals surface area (Å²) in [6.45, 7) is 4.40. The lowest BCUT2D eigenvalue weighted by atomic mass is 10.2. The highest BCUT2D eigenvalue weighted by Crippen LogP contribution is 2.18. The smallest absolute Gasteiger partial charge is 0.125 e. The van der Waals surface area contributed by atoms with E-state index in [-0.39, 0.29) is 5.82 Å². The average Bonchev–Trinajstić information content (AvgIpc) is 2.26. The molecule has 4 heteroatoms. The van der Waals surface area contributed by atoms with Gasteiger partial charge in [-0.2, -0.15) is 0 Å². The van der Waals surface area contributed by atoms with Crippen molar-refractivity contribution in [3.05, 3.63) is 24.0 Å². The number of nitrogens with one attached hydrogen (secondary N) is 1. The Morgan fingerprint density at radius 3 is 2.88 bits per heavy atom. The van der Waals surface area contributed by atoms with Gasteiger partial charge in [0.2, 0.25) is 0 Å². The summed E-state index contributed by atoms with van der Waals surface area (Å²) in [5.41, 5.74) is 6.86. The minimum absolute atomic E-state index is 0.311. The highest BCUT2D eigenvalue weighted by Gasteiger charge is 1.99. The Kier molecular flexibility index (Phi) is 5.64. The molecule has 0 aliphatic heterocycles. The molecule has 16 heavy (non-hydrogen) atoms. The Morgan fingerprint density at radius 2 is 2.19 bits per heavy atom. The number of nitrogen functional groups attached to an aromatic ring is 1. The number of ether oxygens (including phenoxy) is 1. The number of anilines is 2. The molecule has 1 rings (SSSR count). The number of nitrogens with two attached hydrogens (primary N) is 1. The first-order valence-electron chi connectivity index (χ1n) is 5.60. The fraction of sp³-hybridized carbons (Fsp3) is 0.500. The van der Waals surface area contributed by atoms with Crippen LogP contribution in [0, 0.1) is 5.82 Å². The number of hydrogen-bond donors (Lipinski definition) is 2. The third kappa shape index (κ3) is 4.49. The van der Waals surface area contributed by atoms with E-state index in [1.165, 1.54) is 12.1 Å². The standard InChI is InChI=1S/C12H19FN2O/c1-2-7-16-8-3-6-15-12-5-4-10(13)9-11(12)14/h4-5,9,15H,2-3,6-8,14H2,1H3. The molecule has 0 saturated heterocycles. The summed E-state index contributed by atoms with van der Waals surface area (Å²) in [5.74, 6) is -0.311. The van der Waals surface area contributed by atoms with E-state index in [4.69, 9.17) is 10.5 Å². The van der Waals surface area contributed by atoms with E-state index >= 15 is 0 Å². The minimum atomic E-state index is -0.311. The van der Waals surface area contributed by atoms with E-state index in [1.807, 2.05) is 0 Å². The van der Waals surface area contributed by atoms with Crippen LogP contribution in [0.5, 0.6) is 0 Å². The van der Waals surface area contributed by atoms with Crippen molar-refractivity contribution in [2.45, 2.75) is 19.8 Å². The maximum Gasteiger partial charge on any atom is 0.125 e. The van der Waals surface area contributed by atoms with Crippen molar-refractivity contribution in [2.75, 3.05) is 30.8 Å². The molecule has 90 valence electrons. The largest absolute Gasteiger partial charge is 0.397 e. The first-order chi connectivity index (χ1) is 7.74. The molecule has 0 unspecified atom stereocenters. The second-order valence-electron chi connectivity index (χ2n) is 3.62. The van der Waals surface area contributed by atoms with Crippen molar-refractivity contribution in [2.24, 2.45) is 0 Å². The molecule has 0 fully saturated rings. The number of benzene rings is 1. The van der Waals surface area contributed by atoms with Crippen molar-refractivity contribution >= 4 is 11.4 Å². The van der Waals surface area contributed by atoms with Crippen LogP contribution in [0.4, 0.5) is 15.8 Å². The fourth-order valence-corrected chi connectivity index (χ4v) is 1.34. The van der Waals surface area contributed by atoms with Gasteiger partial charge in [0.15, 0.2) is 0 Å². The van der Waals surface area contributed by atoms with Crippen LogP contribution in [0.2, 0.25) is 0 Å². The lowest BCUT2D eigenvalue weighted by molar-refractivity contribution is 0.134. The Balaban J connectivity index is 2.21. The van der Waals surface area contributed by atoms with Crippen LogP contribution < -0.4 is 11.1 Å². The van der Waals surface area contributed by atoms with Crippen LogP contribution >= 0.6 is 0 Å². The second kappa shape index (κ2) is 7.06. The third-order valence-corrected chi connectivity index (χ3v) is 2.14. The quantitative estimate of drug-likeness (QED) is 0.555. The molecule has 0 saturated carbocycles. The van der Waals surface area contributed by atoms with Gasteiger partial charge in [-0.15, -0.1) is 0 Å². The topological polar surface area (TPSA) is 47.3 Å². The Bertz CT molecular complexity index is 318. The van der Waals surface area contributed by atoms with E-state index in [0.717, 1.165) is 38.3 Å². The minimum Gasteiger partial charge on any atom is -0.397 e. The fourth-order valence-electron chi connectivity index (χ4n) is 1.34. The van der Waals surface area contributed by atoms with Crippen molar-refractivity contribution in [3.8, 4) is 0 Å². The molecule has 1 aromatic carbocycles. The summed E-state index contributed by atoms with van der Waals surface area (Å²) < 4.78 is 18.1. The van der Waals surface area contributed by atoms with Crippen LogP contribution in [0.15, 0.2) is 18.2 Å². The number of rotatable bonds is 7. The maximum absolute atomic E-state index is 12.7. The van der Waals surface area contributed by atoms with E-state index in [2.05, 4.69) is 12.2 Å². The summed E-state index contributed by atoms with van der Waals surface area (Å²) in [6.07, 6.45) is 1.95. The first-order valence-corrected chi connectivity index (χ1v) is 5.60. The predicted molar refractivity (Wildman–Crippen MR) is 65.0 cm³/mol. The lowest BCUT2D eigenvalue weighted by Gasteiger charge is -2.09. The van der Waals surface area contributed by atoms with Crippen molar-refractivity contribution < 1.29 is 9.13 Å². The Labute approximate surface area is 95.8 Å². The van der Waals surface area contributed by atoms with E-state index < -0.39 is 0 Å². The summed E-state index contributed by atoms with van der Waals surface area (Å²) in [4.78, 5) is 0. The lowest BCUT2D eigenvalue weighted by Crippen LogP contribution is -2.07. The molecule has 0 aliphatic carbocycles. The van der Waals surface area contributed by atoms with Crippen molar-refractivity contribution in [3.63, 3.8) is 0 Å². The zero-order valence-corrected chi connectivity index (χ0v) is 9.63. The normalized spacial score (nSPS) is 10.4. The maximum atomic E-state index is 12.7. The summed E-state index contributed by atoms with van der Waals surface area (Å²) in [6, 6.07) is 4.36. The molecular weight excluding hydrogens is 207 g/mol. The second-order valence-corrected chi connectivity index (χ2v) is 3.62. The molecule has 0 spiro atoms. The summed E-state index contributed by atoms with van der Waals surface area (Å²) in [7, 11) is 0. The molecule has 0 bridgehead atoms. The van der Waals surface area contributed by atoms with Gasteiger partial charge in [-0.3, -0.25) is 0 Å². The Morgan fingerprint density at radius 1 is 1.38 bits per heavy atom. The molecule has 0 aliphatic rings. The van der Waals surface area contributed by atoms with Crippen molar-refractivity contribution in [1.82, 2.24) is 0 Å². The molecule has 0 aromatic heterocycles. The molecule has 0 atom stereocenters. The van der Waals surface area contributed by atoms with Crippen LogP contribution in [0.1, 0.15) is 19.8 Å². The number of halogens is 1. The highest BCUT2D eigenvalue weighted by molar-refractivity contribution is 5.65. The van der Waals surface area contributed by atoms with E-state index in [1.54, 1.807) is 6.07 Å². The van der Waals surface area contributed by atoms with Crippen LogP contribution in [0.3, 0.4) is 0 Å². The van der Waals surface area contributed by atoms with Gasteiger partial charge in [0, 0.05) is 19.8 Å². The highest BCUT2D eigenvalue weighted by atomic mass is 19.1. The van der Waals surface area contributed by atoms with Gasteiger partial charge in [-0.25, -0.2) is 4.39 Å². The van der Waals surface area contributed by atoms with Crippen LogP contribution in [0.25, 0.3) is 0 Å². The molecule has 0 heterocycles. The summed E-state index contributed by atoms with van der Waals surface area (Å²) in [5, 5.41) is 3.15. The van der Waals surface area contributed by atoms with Gasteiger partial charge in [0.1, 0.15) is 5.82 Å². The number of hydrogen-bond acceptors (Lipinski definition) is 3.